The van der Waals surface area contributed by atoms with Crippen LogP contribution >= 0.6 is 0 Å². The second-order valence-electron chi connectivity index (χ2n) is 6.70. The lowest BCUT2D eigenvalue weighted by Crippen LogP contribution is -2.37. The van der Waals surface area contributed by atoms with Crippen molar-refractivity contribution < 1.29 is 4.74 Å². The van der Waals surface area contributed by atoms with Crippen molar-refractivity contribution in [1.82, 2.24) is 5.32 Å². The van der Waals surface area contributed by atoms with Gasteiger partial charge in [0.1, 0.15) is 0 Å². The Morgan fingerprint density at radius 1 is 1.11 bits per heavy atom. The van der Waals surface area contributed by atoms with Crippen molar-refractivity contribution in [2.75, 3.05) is 13.2 Å². The van der Waals surface area contributed by atoms with Crippen LogP contribution in [0.4, 0.5) is 0 Å². The van der Waals surface area contributed by atoms with E-state index in [4.69, 9.17) is 4.74 Å². The van der Waals surface area contributed by atoms with Crippen molar-refractivity contribution >= 4 is 0 Å². The van der Waals surface area contributed by atoms with E-state index in [0.29, 0.717) is 0 Å². The topological polar surface area (TPSA) is 21.3 Å². The van der Waals surface area contributed by atoms with Gasteiger partial charge in [0.05, 0.1) is 6.61 Å². The maximum atomic E-state index is 5.70. The highest BCUT2D eigenvalue weighted by Gasteiger charge is 2.20. The first-order valence-corrected chi connectivity index (χ1v) is 7.43. The first-order chi connectivity index (χ1) is 9.03. The van der Waals surface area contributed by atoms with Gasteiger partial charge in [0.15, 0.2) is 0 Å². The molecule has 19 heavy (non-hydrogen) atoms. The fourth-order valence-electron chi connectivity index (χ4n) is 2.01. The highest BCUT2D eigenvalue weighted by atomic mass is 16.5. The van der Waals surface area contributed by atoms with Crippen LogP contribution in [-0.2, 0) is 17.8 Å². The van der Waals surface area contributed by atoms with E-state index in [1.54, 1.807) is 0 Å². The molecule has 0 aliphatic heterocycles. The minimum absolute atomic E-state index is 0.205. The number of hydrogen-bond acceptors (Lipinski definition) is 2. The standard InChI is InChI=1S/C17H27NO/c1-17(2,3)18-11-10-14-4-6-15(7-5-14)12-19-13-16-8-9-16/h4-7,16,18H,8-13H2,1-3H3. The van der Waals surface area contributed by atoms with Crippen LogP contribution in [0.25, 0.3) is 0 Å². The minimum atomic E-state index is 0.205. The van der Waals surface area contributed by atoms with Crippen molar-refractivity contribution in [1.29, 1.82) is 0 Å². The number of benzene rings is 1. The van der Waals surface area contributed by atoms with Crippen molar-refractivity contribution in [2.24, 2.45) is 5.92 Å². The lowest BCUT2D eigenvalue weighted by Gasteiger charge is -2.20. The summed E-state index contributed by atoms with van der Waals surface area (Å²) in [4.78, 5) is 0. The summed E-state index contributed by atoms with van der Waals surface area (Å²) in [5, 5.41) is 3.51. The van der Waals surface area contributed by atoms with E-state index in [0.717, 1.165) is 32.1 Å². The van der Waals surface area contributed by atoms with Crippen molar-refractivity contribution in [3.8, 4) is 0 Å². The molecule has 2 rings (SSSR count). The molecule has 0 radical (unpaired) electrons. The van der Waals surface area contributed by atoms with Gasteiger partial charge >= 0.3 is 0 Å². The normalized spacial score (nSPS) is 15.7. The van der Waals surface area contributed by atoms with Crippen LogP contribution < -0.4 is 5.32 Å². The first kappa shape index (κ1) is 14.5. The van der Waals surface area contributed by atoms with E-state index in [2.05, 4.69) is 50.4 Å². The molecule has 2 nitrogen and oxygen atoms in total. The van der Waals surface area contributed by atoms with Crippen molar-refractivity contribution in [2.45, 2.75) is 52.2 Å². The van der Waals surface area contributed by atoms with Crippen LogP contribution in [0.3, 0.4) is 0 Å². The Labute approximate surface area is 117 Å². The van der Waals surface area contributed by atoms with Gasteiger partial charge in [-0.15, -0.1) is 0 Å². The van der Waals surface area contributed by atoms with E-state index in [1.165, 1.54) is 24.0 Å². The molecule has 1 aromatic rings. The predicted molar refractivity (Wildman–Crippen MR) is 80.3 cm³/mol. The van der Waals surface area contributed by atoms with Gasteiger partial charge < -0.3 is 10.1 Å². The summed E-state index contributed by atoms with van der Waals surface area (Å²) in [6.07, 6.45) is 3.81. The number of rotatable bonds is 7. The third-order valence-corrected chi connectivity index (χ3v) is 3.41. The molecular formula is C17H27NO. The Kier molecular flexibility index (Phi) is 5.00. The molecule has 0 amide bonds. The third-order valence-electron chi connectivity index (χ3n) is 3.41. The molecule has 0 aromatic heterocycles. The minimum Gasteiger partial charge on any atom is -0.376 e. The average molecular weight is 261 g/mol. The fourth-order valence-corrected chi connectivity index (χ4v) is 2.01. The van der Waals surface area contributed by atoms with Gasteiger partial charge in [0.2, 0.25) is 0 Å². The zero-order valence-corrected chi connectivity index (χ0v) is 12.5. The smallest absolute Gasteiger partial charge is 0.0717 e. The maximum Gasteiger partial charge on any atom is 0.0717 e. The monoisotopic (exact) mass is 261 g/mol. The fraction of sp³-hybridized carbons (Fsp3) is 0.647. The zero-order chi connectivity index (χ0) is 13.7. The molecule has 0 saturated heterocycles. The van der Waals surface area contributed by atoms with Gasteiger partial charge in [-0.1, -0.05) is 24.3 Å². The number of nitrogens with one attached hydrogen (secondary N) is 1. The second-order valence-corrected chi connectivity index (χ2v) is 6.70. The van der Waals surface area contributed by atoms with Crippen LogP contribution in [0, 0.1) is 5.92 Å². The molecule has 1 aromatic carbocycles. The highest BCUT2D eigenvalue weighted by Crippen LogP contribution is 2.29. The summed E-state index contributed by atoms with van der Waals surface area (Å²) in [6, 6.07) is 8.83. The molecule has 0 atom stereocenters. The molecule has 0 heterocycles. The summed E-state index contributed by atoms with van der Waals surface area (Å²) < 4.78 is 5.70. The molecule has 2 heteroatoms. The van der Waals surface area contributed by atoms with Crippen LogP contribution in [0.15, 0.2) is 24.3 Å². The molecule has 106 valence electrons. The van der Waals surface area contributed by atoms with E-state index in [1.807, 2.05) is 0 Å². The van der Waals surface area contributed by atoms with Gasteiger partial charge in [-0.25, -0.2) is 0 Å². The highest BCUT2D eigenvalue weighted by molar-refractivity contribution is 5.22. The number of ether oxygens (including phenoxy) is 1. The maximum absolute atomic E-state index is 5.70. The van der Waals surface area contributed by atoms with Crippen LogP contribution in [-0.4, -0.2) is 18.7 Å². The molecule has 1 fully saturated rings. The molecule has 0 bridgehead atoms. The van der Waals surface area contributed by atoms with E-state index < -0.39 is 0 Å². The number of hydrogen-bond donors (Lipinski definition) is 1. The Hall–Kier alpha value is -0.860. The lowest BCUT2D eigenvalue weighted by atomic mass is 10.1. The van der Waals surface area contributed by atoms with Gasteiger partial charge in [-0.05, 0) is 63.6 Å². The summed E-state index contributed by atoms with van der Waals surface area (Å²) >= 11 is 0. The molecule has 1 aliphatic rings. The molecule has 1 aliphatic carbocycles. The van der Waals surface area contributed by atoms with Crippen LogP contribution in [0.2, 0.25) is 0 Å². The Bertz CT molecular complexity index is 373. The quantitative estimate of drug-likeness (QED) is 0.810. The van der Waals surface area contributed by atoms with E-state index >= 15 is 0 Å². The average Bonchev–Trinajstić information content (AvgIpc) is 3.14. The van der Waals surface area contributed by atoms with Gasteiger partial charge in [-0.3, -0.25) is 0 Å². The summed E-state index contributed by atoms with van der Waals surface area (Å²) in [5.41, 5.74) is 2.88. The molecular weight excluding hydrogens is 234 g/mol. The van der Waals surface area contributed by atoms with E-state index in [-0.39, 0.29) is 5.54 Å². The molecule has 0 unspecified atom stereocenters. The van der Waals surface area contributed by atoms with Gasteiger partial charge in [-0.2, -0.15) is 0 Å². The van der Waals surface area contributed by atoms with E-state index in [9.17, 15) is 0 Å². The SMILES string of the molecule is CC(C)(C)NCCc1ccc(COCC2CC2)cc1. The van der Waals surface area contributed by atoms with Gasteiger partial charge in [0, 0.05) is 12.1 Å². The molecule has 1 saturated carbocycles. The van der Waals surface area contributed by atoms with Crippen LogP contribution in [0.1, 0.15) is 44.7 Å². The van der Waals surface area contributed by atoms with Crippen LogP contribution in [0.5, 0.6) is 0 Å². The third kappa shape index (κ3) is 6.22. The summed E-state index contributed by atoms with van der Waals surface area (Å²) in [6.45, 7) is 9.34. The Morgan fingerprint density at radius 3 is 2.32 bits per heavy atom. The zero-order valence-electron chi connectivity index (χ0n) is 12.5. The van der Waals surface area contributed by atoms with Crippen molar-refractivity contribution in [3.05, 3.63) is 35.4 Å². The van der Waals surface area contributed by atoms with Crippen molar-refractivity contribution in [3.63, 3.8) is 0 Å². The predicted octanol–water partition coefficient (Wildman–Crippen LogP) is 3.54. The molecule has 0 spiro atoms. The Morgan fingerprint density at radius 2 is 1.74 bits per heavy atom. The summed E-state index contributed by atoms with van der Waals surface area (Å²) in [5.74, 6) is 0.850. The second kappa shape index (κ2) is 6.53. The molecule has 1 N–H and O–H groups in total. The lowest BCUT2D eigenvalue weighted by molar-refractivity contribution is 0.111. The Balaban J connectivity index is 1.68. The largest absolute Gasteiger partial charge is 0.376 e. The summed E-state index contributed by atoms with van der Waals surface area (Å²) in [7, 11) is 0. The first-order valence-electron chi connectivity index (χ1n) is 7.43. The van der Waals surface area contributed by atoms with Gasteiger partial charge in [0.25, 0.3) is 0 Å².